The van der Waals surface area contributed by atoms with E-state index in [0.29, 0.717) is 27.5 Å². The van der Waals surface area contributed by atoms with Crippen molar-refractivity contribution in [1.29, 1.82) is 0 Å². The standard InChI is InChI=1S/C20H14N2O3S/c1-12-5-4-7-14(9-12)18(23)22-20-21-16(11-26-20)15-10-13-6-2-3-8-17(13)25-19(15)24/h2-11H,1H3,(H,21,22,23). The molecule has 1 N–H and O–H groups in total. The first-order valence-corrected chi connectivity index (χ1v) is 8.85. The Hall–Kier alpha value is -3.25. The average Bonchev–Trinajstić information content (AvgIpc) is 3.09. The van der Waals surface area contributed by atoms with E-state index in [1.165, 1.54) is 11.3 Å². The van der Waals surface area contributed by atoms with Gasteiger partial charge in [-0.05, 0) is 31.2 Å². The van der Waals surface area contributed by atoms with Gasteiger partial charge < -0.3 is 4.42 Å². The molecule has 1 amide bonds. The highest BCUT2D eigenvalue weighted by Gasteiger charge is 2.13. The molecule has 2 aromatic heterocycles. The zero-order valence-corrected chi connectivity index (χ0v) is 14.7. The van der Waals surface area contributed by atoms with Gasteiger partial charge in [0, 0.05) is 16.3 Å². The molecule has 5 nitrogen and oxygen atoms in total. The largest absolute Gasteiger partial charge is 0.422 e. The summed E-state index contributed by atoms with van der Waals surface area (Å²) in [5, 5.41) is 5.75. The summed E-state index contributed by atoms with van der Waals surface area (Å²) < 4.78 is 5.34. The molecule has 4 aromatic rings. The number of hydrogen-bond donors (Lipinski definition) is 1. The molecule has 0 fully saturated rings. The van der Waals surface area contributed by atoms with Gasteiger partial charge in [-0.15, -0.1) is 11.3 Å². The monoisotopic (exact) mass is 362 g/mol. The number of hydrogen-bond acceptors (Lipinski definition) is 5. The van der Waals surface area contributed by atoms with Gasteiger partial charge in [-0.25, -0.2) is 9.78 Å². The molecule has 0 aliphatic rings. The number of nitrogens with zero attached hydrogens (tertiary/aromatic N) is 1. The molecule has 2 heterocycles. The van der Waals surface area contributed by atoms with E-state index in [0.717, 1.165) is 10.9 Å². The molecule has 0 unspecified atom stereocenters. The van der Waals surface area contributed by atoms with E-state index in [2.05, 4.69) is 10.3 Å². The summed E-state index contributed by atoms with van der Waals surface area (Å²) in [6.45, 7) is 1.93. The first-order chi connectivity index (χ1) is 12.6. The van der Waals surface area contributed by atoms with Crippen LogP contribution in [0, 0.1) is 6.92 Å². The topological polar surface area (TPSA) is 72.2 Å². The van der Waals surface area contributed by atoms with Crippen LogP contribution in [0.2, 0.25) is 0 Å². The van der Waals surface area contributed by atoms with E-state index in [4.69, 9.17) is 4.42 Å². The minimum absolute atomic E-state index is 0.236. The second-order valence-electron chi connectivity index (χ2n) is 5.85. The lowest BCUT2D eigenvalue weighted by Crippen LogP contribution is -2.11. The lowest BCUT2D eigenvalue weighted by atomic mass is 10.1. The number of fused-ring (bicyclic) bond motifs is 1. The maximum atomic E-state index is 12.3. The zero-order chi connectivity index (χ0) is 18.1. The van der Waals surface area contributed by atoms with Crippen molar-refractivity contribution in [2.75, 3.05) is 5.32 Å². The quantitative estimate of drug-likeness (QED) is 0.546. The summed E-state index contributed by atoms with van der Waals surface area (Å²) in [6, 6.07) is 16.4. The number of amides is 1. The van der Waals surface area contributed by atoms with Gasteiger partial charge in [0.1, 0.15) is 5.58 Å². The highest BCUT2D eigenvalue weighted by Crippen LogP contribution is 2.25. The lowest BCUT2D eigenvalue weighted by Gasteiger charge is -2.02. The fourth-order valence-electron chi connectivity index (χ4n) is 2.65. The average molecular weight is 362 g/mol. The Balaban J connectivity index is 1.63. The van der Waals surface area contributed by atoms with Gasteiger partial charge in [-0.3, -0.25) is 10.1 Å². The molecule has 0 aliphatic carbocycles. The van der Waals surface area contributed by atoms with Crippen LogP contribution in [-0.4, -0.2) is 10.9 Å². The Kier molecular flexibility index (Phi) is 4.10. The molecule has 26 heavy (non-hydrogen) atoms. The third-order valence-corrected chi connectivity index (χ3v) is 4.68. The van der Waals surface area contributed by atoms with E-state index in [-0.39, 0.29) is 5.91 Å². The van der Waals surface area contributed by atoms with E-state index < -0.39 is 5.63 Å². The number of rotatable bonds is 3. The van der Waals surface area contributed by atoms with Crippen LogP contribution < -0.4 is 10.9 Å². The molecule has 2 aromatic carbocycles. The number of benzene rings is 2. The summed E-state index contributed by atoms with van der Waals surface area (Å²) >= 11 is 1.26. The summed E-state index contributed by atoms with van der Waals surface area (Å²) in [7, 11) is 0. The van der Waals surface area contributed by atoms with Crippen LogP contribution in [0.25, 0.3) is 22.2 Å². The Morgan fingerprint density at radius 1 is 1.12 bits per heavy atom. The number of aromatic nitrogens is 1. The van der Waals surface area contributed by atoms with Crippen LogP contribution in [0.1, 0.15) is 15.9 Å². The number of carbonyl (C=O) groups excluding carboxylic acids is 1. The Morgan fingerprint density at radius 2 is 1.96 bits per heavy atom. The second kappa shape index (κ2) is 6.57. The number of anilines is 1. The van der Waals surface area contributed by atoms with Crippen molar-refractivity contribution in [3.05, 3.63) is 81.5 Å². The van der Waals surface area contributed by atoms with Crippen LogP contribution in [0.4, 0.5) is 5.13 Å². The highest BCUT2D eigenvalue weighted by molar-refractivity contribution is 7.14. The van der Waals surface area contributed by atoms with Crippen molar-refractivity contribution in [2.45, 2.75) is 6.92 Å². The number of thiazole rings is 1. The summed E-state index contributed by atoms with van der Waals surface area (Å²) in [5.74, 6) is -0.236. The van der Waals surface area contributed by atoms with Crippen LogP contribution in [-0.2, 0) is 0 Å². The van der Waals surface area contributed by atoms with Gasteiger partial charge in [0.05, 0.1) is 11.3 Å². The molecule has 0 saturated carbocycles. The maximum absolute atomic E-state index is 12.3. The van der Waals surface area contributed by atoms with E-state index in [9.17, 15) is 9.59 Å². The Bertz CT molecular complexity index is 1180. The third-order valence-electron chi connectivity index (χ3n) is 3.92. The Morgan fingerprint density at radius 3 is 2.81 bits per heavy atom. The molecule has 0 radical (unpaired) electrons. The third kappa shape index (κ3) is 3.14. The van der Waals surface area contributed by atoms with E-state index >= 15 is 0 Å². The molecule has 4 rings (SSSR count). The predicted molar refractivity (Wildman–Crippen MR) is 103 cm³/mol. The molecular weight excluding hydrogens is 348 g/mol. The molecular formula is C20H14N2O3S. The second-order valence-corrected chi connectivity index (χ2v) is 6.70. The number of carbonyl (C=O) groups is 1. The van der Waals surface area contributed by atoms with Crippen molar-refractivity contribution >= 4 is 33.3 Å². The molecule has 128 valence electrons. The fourth-order valence-corrected chi connectivity index (χ4v) is 3.36. The minimum Gasteiger partial charge on any atom is -0.422 e. The van der Waals surface area contributed by atoms with Crippen molar-refractivity contribution in [1.82, 2.24) is 4.98 Å². The minimum atomic E-state index is -0.453. The molecule has 0 atom stereocenters. The molecule has 6 heteroatoms. The van der Waals surface area contributed by atoms with Crippen LogP contribution in [0.3, 0.4) is 0 Å². The normalized spacial score (nSPS) is 10.8. The van der Waals surface area contributed by atoms with Crippen LogP contribution in [0.5, 0.6) is 0 Å². The first-order valence-electron chi connectivity index (χ1n) is 7.97. The van der Waals surface area contributed by atoms with Crippen LogP contribution >= 0.6 is 11.3 Å². The summed E-state index contributed by atoms with van der Waals surface area (Å²) in [4.78, 5) is 28.9. The smallest absolute Gasteiger partial charge is 0.345 e. The number of para-hydroxylation sites is 1. The van der Waals surface area contributed by atoms with Crippen molar-refractivity contribution in [2.24, 2.45) is 0 Å². The first kappa shape index (κ1) is 16.2. The van der Waals surface area contributed by atoms with Crippen molar-refractivity contribution in [3.63, 3.8) is 0 Å². The van der Waals surface area contributed by atoms with Gasteiger partial charge >= 0.3 is 5.63 Å². The molecule has 0 saturated heterocycles. The molecule has 0 spiro atoms. The Labute approximate surface area is 152 Å². The number of aryl methyl sites for hydroxylation is 1. The van der Waals surface area contributed by atoms with Crippen molar-refractivity contribution < 1.29 is 9.21 Å². The van der Waals surface area contributed by atoms with Gasteiger partial charge in [-0.1, -0.05) is 35.9 Å². The van der Waals surface area contributed by atoms with E-state index in [1.807, 2.05) is 43.3 Å². The van der Waals surface area contributed by atoms with Gasteiger partial charge in [0.2, 0.25) is 0 Å². The number of nitrogens with one attached hydrogen (secondary N) is 1. The SMILES string of the molecule is Cc1cccc(C(=O)Nc2nc(-c3cc4ccccc4oc3=O)cs2)c1. The van der Waals surface area contributed by atoms with Gasteiger partial charge in [-0.2, -0.15) is 0 Å². The maximum Gasteiger partial charge on any atom is 0.345 e. The van der Waals surface area contributed by atoms with Gasteiger partial charge in [0.25, 0.3) is 5.91 Å². The summed E-state index contributed by atoms with van der Waals surface area (Å²) in [6.07, 6.45) is 0. The molecule has 0 bridgehead atoms. The predicted octanol–water partition coefficient (Wildman–Crippen LogP) is 4.48. The molecule has 0 aliphatic heterocycles. The van der Waals surface area contributed by atoms with Gasteiger partial charge in [0.15, 0.2) is 5.13 Å². The fraction of sp³-hybridized carbons (Fsp3) is 0.0500. The highest BCUT2D eigenvalue weighted by atomic mass is 32.1. The lowest BCUT2D eigenvalue weighted by molar-refractivity contribution is 0.102. The zero-order valence-electron chi connectivity index (χ0n) is 13.9. The summed E-state index contributed by atoms with van der Waals surface area (Å²) in [5.41, 5.74) is 2.50. The van der Waals surface area contributed by atoms with Crippen molar-refractivity contribution in [3.8, 4) is 11.3 Å². The van der Waals surface area contributed by atoms with Crippen LogP contribution in [0.15, 0.2) is 69.2 Å². The van der Waals surface area contributed by atoms with E-state index in [1.54, 1.807) is 23.6 Å².